The number of pyridine rings is 2. The van der Waals surface area contributed by atoms with E-state index in [0.717, 1.165) is 43.1 Å². The minimum Gasteiger partial charge on any atom is -0.472 e. The van der Waals surface area contributed by atoms with E-state index in [9.17, 15) is 4.39 Å². The van der Waals surface area contributed by atoms with Crippen molar-refractivity contribution in [2.75, 3.05) is 37.7 Å². The van der Waals surface area contributed by atoms with Gasteiger partial charge in [0, 0.05) is 49.7 Å². The lowest BCUT2D eigenvalue weighted by Gasteiger charge is -2.29. The van der Waals surface area contributed by atoms with Gasteiger partial charge in [-0.2, -0.15) is 4.98 Å². The van der Waals surface area contributed by atoms with E-state index in [4.69, 9.17) is 4.74 Å². The summed E-state index contributed by atoms with van der Waals surface area (Å²) in [7, 11) is 0. The Labute approximate surface area is 149 Å². The molecule has 7 heteroatoms. The molecule has 3 aromatic heterocycles. The second-order valence-electron chi connectivity index (χ2n) is 6.47. The molecule has 2 aliphatic rings. The highest BCUT2D eigenvalue weighted by Gasteiger charge is 2.19. The van der Waals surface area contributed by atoms with Gasteiger partial charge in [0.05, 0.1) is 5.69 Å². The number of ether oxygens (including phenoxy) is 1. The number of imidazole rings is 1. The molecule has 3 aromatic rings. The lowest BCUT2D eigenvalue weighted by molar-refractivity contribution is 0.350. The minimum absolute atomic E-state index is 0.321. The van der Waals surface area contributed by atoms with Crippen molar-refractivity contribution in [3.63, 3.8) is 0 Å². The van der Waals surface area contributed by atoms with Crippen LogP contribution in [0.2, 0.25) is 0 Å². The van der Waals surface area contributed by atoms with Gasteiger partial charge in [-0.05, 0) is 30.3 Å². The Bertz CT molecular complexity index is 1010. The van der Waals surface area contributed by atoms with E-state index in [-0.39, 0.29) is 5.82 Å². The highest BCUT2D eigenvalue weighted by atomic mass is 19.1. The predicted octanol–water partition coefficient (Wildman–Crippen LogP) is 2.21. The van der Waals surface area contributed by atoms with E-state index in [0.29, 0.717) is 23.8 Å². The Morgan fingerprint density at radius 3 is 2.85 bits per heavy atom. The third-order valence-electron chi connectivity index (χ3n) is 4.77. The van der Waals surface area contributed by atoms with Gasteiger partial charge in [-0.15, -0.1) is 0 Å². The summed E-state index contributed by atoms with van der Waals surface area (Å²) in [6.07, 6.45) is 5.63. The molecule has 0 aliphatic carbocycles. The number of fused-ring (bicyclic) bond motifs is 2. The third-order valence-corrected chi connectivity index (χ3v) is 4.77. The van der Waals surface area contributed by atoms with E-state index in [2.05, 4.69) is 20.2 Å². The fourth-order valence-electron chi connectivity index (χ4n) is 3.39. The summed E-state index contributed by atoms with van der Waals surface area (Å²) in [5.74, 6) is 1.25. The second-order valence-corrected chi connectivity index (χ2v) is 6.47. The zero-order valence-corrected chi connectivity index (χ0v) is 14.2. The predicted molar refractivity (Wildman–Crippen MR) is 97.8 cm³/mol. The quantitative estimate of drug-likeness (QED) is 0.767. The molecule has 1 N–H and O–H groups in total. The molecule has 132 valence electrons. The zero-order valence-electron chi connectivity index (χ0n) is 14.2. The highest BCUT2D eigenvalue weighted by Crippen LogP contribution is 2.31. The molecule has 0 aromatic carbocycles. The average molecular weight is 351 g/mol. The number of piperazine rings is 1. The summed E-state index contributed by atoms with van der Waals surface area (Å²) in [6, 6.07) is 7.12. The molecule has 1 saturated heterocycles. The number of rotatable bonds is 2. The number of hydrogen-bond donors (Lipinski definition) is 1. The third kappa shape index (κ3) is 2.61. The van der Waals surface area contributed by atoms with Gasteiger partial charge in [0.1, 0.15) is 12.4 Å². The summed E-state index contributed by atoms with van der Waals surface area (Å²) in [6.45, 7) is 4.19. The molecule has 5 rings (SSSR count). The minimum atomic E-state index is -0.334. The van der Waals surface area contributed by atoms with Crippen molar-refractivity contribution in [2.45, 2.75) is 0 Å². The summed E-state index contributed by atoms with van der Waals surface area (Å²) in [4.78, 5) is 11.3. The number of aromatic nitrogens is 3. The van der Waals surface area contributed by atoms with Gasteiger partial charge in [0.15, 0.2) is 11.5 Å². The molecule has 0 spiro atoms. The largest absolute Gasteiger partial charge is 0.472 e. The van der Waals surface area contributed by atoms with Crippen LogP contribution in [0.5, 0.6) is 5.88 Å². The maximum atomic E-state index is 13.9. The van der Waals surface area contributed by atoms with Gasteiger partial charge >= 0.3 is 0 Å². The molecule has 0 unspecified atom stereocenters. The van der Waals surface area contributed by atoms with Crippen LogP contribution in [0.15, 0.2) is 36.7 Å². The first-order valence-corrected chi connectivity index (χ1v) is 8.71. The van der Waals surface area contributed by atoms with Gasteiger partial charge in [0.2, 0.25) is 5.88 Å². The van der Waals surface area contributed by atoms with Crippen LogP contribution in [0.25, 0.3) is 17.3 Å². The number of halogens is 1. The van der Waals surface area contributed by atoms with Crippen molar-refractivity contribution < 1.29 is 9.13 Å². The molecule has 6 nitrogen and oxygen atoms in total. The van der Waals surface area contributed by atoms with Crippen molar-refractivity contribution in [2.24, 2.45) is 0 Å². The maximum Gasteiger partial charge on any atom is 0.223 e. The Balaban J connectivity index is 1.47. The maximum absolute atomic E-state index is 13.9. The Morgan fingerprint density at radius 1 is 1.12 bits per heavy atom. The topological polar surface area (TPSA) is 54.7 Å². The van der Waals surface area contributed by atoms with Crippen molar-refractivity contribution in [3.8, 4) is 5.88 Å². The van der Waals surface area contributed by atoms with E-state index in [1.807, 2.05) is 24.4 Å². The molecular formula is C19H18FN5O. The van der Waals surface area contributed by atoms with Gasteiger partial charge in [-0.25, -0.2) is 9.37 Å². The molecule has 2 aliphatic heterocycles. The number of nitrogens with zero attached hydrogens (tertiary/aromatic N) is 4. The van der Waals surface area contributed by atoms with Crippen LogP contribution in [0.3, 0.4) is 0 Å². The average Bonchev–Trinajstić information content (AvgIpc) is 3.14. The molecular weight excluding hydrogens is 333 g/mol. The fourth-order valence-corrected chi connectivity index (χ4v) is 3.39. The molecule has 0 radical (unpaired) electrons. The number of nitrogens with one attached hydrogen (secondary N) is 1. The van der Waals surface area contributed by atoms with Gasteiger partial charge in [-0.1, -0.05) is 0 Å². The lowest BCUT2D eigenvalue weighted by Crippen LogP contribution is -2.43. The molecule has 5 heterocycles. The summed E-state index contributed by atoms with van der Waals surface area (Å²) in [5.41, 5.74) is 2.87. The van der Waals surface area contributed by atoms with Crippen LogP contribution in [0.4, 0.5) is 10.2 Å². The summed E-state index contributed by atoms with van der Waals surface area (Å²) < 4.78 is 21.4. The zero-order chi connectivity index (χ0) is 17.5. The molecule has 26 heavy (non-hydrogen) atoms. The van der Waals surface area contributed by atoms with Crippen molar-refractivity contribution in [1.29, 1.82) is 0 Å². The van der Waals surface area contributed by atoms with E-state index >= 15 is 0 Å². The fraction of sp³-hybridized carbons (Fsp3) is 0.263. The van der Waals surface area contributed by atoms with Crippen LogP contribution in [0.1, 0.15) is 11.3 Å². The molecule has 1 fully saturated rings. The van der Waals surface area contributed by atoms with Crippen molar-refractivity contribution in [3.05, 3.63) is 53.7 Å². The van der Waals surface area contributed by atoms with Crippen molar-refractivity contribution in [1.82, 2.24) is 19.7 Å². The number of anilines is 1. The van der Waals surface area contributed by atoms with E-state index in [1.165, 1.54) is 6.07 Å². The van der Waals surface area contributed by atoms with Crippen LogP contribution < -0.4 is 15.0 Å². The molecule has 0 saturated carbocycles. The van der Waals surface area contributed by atoms with Gasteiger partial charge < -0.3 is 19.4 Å². The monoisotopic (exact) mass is 351 g/mol. The Kier molecular flexibility index (Phi) is 3.60. The Hall–Kier alpha value is -2.93. The van der Waals surface area contributed by atoms with Crippen molar-refractivity contribution >= 4 is 23.1 Å². The van der Waals surface area contributed by atoms with Crippen LogP contribution in [-0.4, -0.2) is 47.2 Å². The first kappa shape index (κ1) is 15.3. The second kappa shape index (κ2) is 6.10. The smallest absolute Gasteiger partial charge is 0.223 e. The standard InChI is InChI=1S/C19H18FN5O/c20-15-2-1-7-25-11-16(22-18(15)25)14-10-13-3-4-17(23-19(13)26-12-14)24-8-5-21-6-9-24/h1-4,7,10-11,21H,5-6,8-9,12H2. The van der Waals surface area contributed by atoms with E-state index in [1.54, 1.807) is 16.7 Å². The van der Waals surface area contributed by atoms with Gasteiger partial charge in [-0.3, -0.25) is 0 Å². The van der Waals surface area contributed by atoms with E-state index < -0.39 is 0 Å². The molecule has 0 bridgehead atoms. The number of hydrogen-bond acceptors (Lipinski definition) is 5. The SMILES string of the molecule is Fc1cccn2cc(C3=Cc4ccc(N5CCNCC5)nc4OC3)nc12. The van der Waals surface area contributed by atoms with Gasteiger partial charge in [0.25, 0.3) is 0 Å². The van der Waals surface area contributed by atoms with Crippen LogP contribution in [0, 0.1) is 5.82 Å². The first-order valence-electron chi connectivity index (χ1n) is 8.71. The molecule has 0 atom stereocenters. The van der Waals surface area contributed by atoms with Crippen LogP contribution >= 0.6 is 0 Å². The molecule has 0 amide bonds. The first-order chi connectivity index (χ1) is 12.8. The highest BCUT2D eigenvalue weighted by molar-refractivity contribution is 5.84. The summed E-state index contributed by atoms with van der Waals surface area (Å²) >= 11 is 0. The lowest BCUT2D eigenvalue weighted by atomic mass is 10.1. The normalized spacial score (nSPS) is 17.0. The van der Waals surface area contributed by atoms with Crippen LogP contribution in [-0.2, 0) is 0 Å². The Morgan fingerprint density at radius 2 is 2.00 bits per heavy atom. The summed E-state index contributed by atoms with van der Waals surface area (Å²) in [5, 5.41) is 3.34.